The molecule has 2 aromatic carbocycles. The third-order valence-electron chi connectivity index (χ3n) is 3.82. The molecule has 0 fully saturated rings. The zero-order valence-electron chi connectivity index (χ0n) is 13.1. The van der Waals surface area contributed by atoms with Crippen molar-refractivity contribution in [3.05, 3.63) is 70.9 Å². The molecule has 0 bridgehead atoms. The lowest BCUT2D eigenvalue weighted by Gasteiger charge is -2.10. The average molecular weight is 306 g/mol. The highest BCUT2D eigenvalue weighted by Gasteiger charge is 2.09. The summed E-state index contributed by atoms with van der Waals surface area (Å²) < 4.78 is 0. The number of pyridine rings is 1. The number of benzene rings is 2. The Balaban J connectivity index is 1.90. The summed E-state index contributed by atoms with van der Waals surface area (Å²) >= 11 is 0. The van der Waals surface area contributed by atoms with Crippen molar-refractivity contribution in [2.75, 3.05) is 5.32 Å². The number of aliphatic hydroxyl groups is 1. The van der Waals surface area contributed by atoms with E-state index in [4.69, 9.17) is 0 Å². The standard InChI is InChI=1S/C19H18N2O2/c1-12-3-5-14(11-22)9-18(12)21-19(23)16-7-8-17-15(10-16)6-4-13(2)20-17/h3-10,22H,11H2,1-2H3,(H,21,23). The monoisotopic (exact) mass is 306 g/mol. The molecule has 3 rings (SSSR count). The molecule has 4 heteroatoms. The quantitative estimate of drug-likeness (QED) is 0.777. The molecular formula is C19H18N2O2. The Morgan fingerprint density at radius 2 is 1.91 bits per heavy atom. The van der Waals surface area contributed by atoms with Crippen LogP contribution in [0.15, 0.2) is 48.5 Å². The second-order valence-corrected chi connectivity index (χ2v) is 5.62. The van der Waals surface area contributed by atoms with Gasteiger partial charge >= 0.3 is 0 Å². The molecule has 0 aliphatic heterocycles. The number of carbonyl (C=O) groups is 1. The van der Waals surface area contributed by atoms with E-state index in [0.717, 1.165) is 27.7 Å². The molecule has 0 saturated heterocycles. The summed E-state index contributed by atoms with van der Waals surface area (Å²) in [4.78, 5) is 16.9. The molecule has 0 aliphatic carbocycles. The number of nitrogens with one attached hydrogen (secondary N) is 1. The summed E-state index contributed by atoms with van der Waals surface area (Å²) in [7, 11) is 0. The normalized spacial score (nSPS) is 10.7. The molecule has 0 saturated carbocycles. The minimum Gasteiger partial charge on any atom is -0.392 e. The van der Waals surface area contributed by atoms with Gasteiger partial charge in [0.05, 0.1) is 12.1 Å². The van der Waals surface area contributed by atoms with Crippen LogP contribution in [-0.2, 0) is 6.61 Å². The van der Waals surface area contributed by atoms with Crippen molar-refractivity contribution in [3.63, 3.8) is 0 Å². The summed E-state index contributed by atoms with van der Waals surface area (Å²) in [6, 6.07) is 14.9. The van der Waals surface area contributed by atoms with Crippen molar-refractivity contribution in [1.29, 1.82) is 0 Å². The molecule has 3 aromatic rings. The second kappa shape index (κ2) is 6.18. The van der Waals surface area contributed by atoms with Crippen LogP contribution in [0.4, 0.5) is 5.69 Å². The maximum atomic E-state index is 12.5. The highest BCUT2D eigenvalue weighted by Crippen LogP contribution is 2.20. The average Bonchev–Trinajstić information content (AvgIpc) is 2.56. The van der Waals surface area contributed by atoms with E-state index in [-0.39, 0.29) is 12.5 Å². The van der Waals surface area contributed by atoms with E-state index in [1.165, 1.54) is 0 Å². The van der Waals surface area contributed by atoms with Crippen LogP contribution in [0.1, 0.15) is 27.2 Å². The lowest BCUT2D eigenvalue weighted by atomic mass is 10.1. The molecule has 1 heterocycles. The molecule has 0 atom stereocenters. The minimum absolute atomic E-state index is 0.0514. The topological polar surface area (TPSA) is 62.2 Å². The SMILES string of the molecule is Cc1ccc2cc(C(=O)Nc3cc(CO)ccc3C)ccc2n1. The first-order chi connectivity index (χ1) is 11.1. The summed E-state index contributed by atoms with van der Waals surface area (Å²) in [5.74, 6) is -0.175. The number of fused-ring (bicyclic) bond motifs is 1. The van der Waals surface area contributed by atoms with E-state index >= 15 is 0 Å². The van der Waals surface area contributed by atoms with Gasteiger partial charge in [-0.15, -0.1) is 0 Å². The third kappa shape index (κ3) is 3.22. The first-order valence-corrected chi connectivity index (χ1v) is 7.46. The number of nitrogens with zero attached hydrogens (tertiary/aromatic N) is 1. The fourth-order valence-corrected chi connectivity index (χ4v) is 2.47. The molecule has 1 aromatic heterocycles. The zero-order valence-corrected chi connectivity index (χ0v) is 13.1. The lowest BCUT2D eigenvalue weighted by molar-refractivity contribution is 0.102. The number of aryl methyl sites for hydroxylation is 2. The van der Waals surface area contributed by atoms with E-state index < -0.39 is 0 Å². The number of carbonyl (C=O) groups excluding carboxylic acids is 1. The molecule has 23 heavy (non-hydrogen) atoms. The van der Waals surface area contributed by atoms with Crippen molar-refractivity contribution in [3.8, 4) is 0 Å². The van der Waals surface area contributed by atoms with Gasteiger partial charge in [-0.25, -0.2) is 0 Å². The Labute approximate surface area is 134 Å². The van der Waals surface area contributed by atoms with Gasteiger partial charge in [0.25, 0.3) is 5.91 Å². The van der Waals surface area contributed by atoms with Gasteiger partial charge in [0.2, 0.25) is 0 Å². The van der Waals surface area contributed by atoms with Gasteiger partial charge in [-0.1, -0.05) is 18.2 Å². The molecule has 4 nitrogen and oxygen atoms in total. The van der Waals surface area contributed by atoms with Crippen LogP contribution in [-0.4, -0.2) is 16.0 Å². The van der Waals surface area contributed by atoms with Crippen LogP contribution in [0.2, 0.25) is 0 Å². The highest BCUT2D eigenvalue weighted by molar-refractivity contribution is 6.06. The molecule has 2 N–H and O–H groups in total. The number of amides is 1. The highest BCUT2D eigenvalue weighted by atomic mass is 16.3. The Morgan fingerprint density at radius 1 is 1.09 bits per heavy atom. The molecule has 0 radical (unpaired) electrons. The second-order valence-electron chi connectivity index (χ2n) is 5.62. The molecule has 0 unspecified atom stereocenters. The van der Waals surface area contributed by atoms with Gasteiger partial charge in [-0.2, -0.15) is 0 Å². The van der Waals surface area contributed by atoms with Gasteiger partial charge in [0.1, 0.15) is 0 Å². The smallest absolute Gasteiger partial charge is 0.255 e. The molecule has 116 valence electrons. The maximum absolute atomic E-state index is 12.5. The number of aromatic nitrogens is 1. The van der Waals surface area contributed by atoms with Crippen LogP contribution in [0.5, 0.6) is 0 Å². The number of rotatable bonds is 3. The van der Waals surface area contributed by atoms with Crippen LogP contribution in [0.3, 0.4) is 0 Å². The van der Waals surface area contributed by atoms with E-state index in [2.05, 4.69) is 10.3 Å². The van der Waals surface area contributed by atoms with Crippen LogP contribution in [0, 0.1) is 13.8 Å². The predicted molar refractivity (Wildman–Crippen MR) is 91.5 cm³/mol. The Hall–Kier alpha value is -2.72. The Bertz CT molecular complexity index is 888. The Morgan fingerprint density at radius 3 is 2.70 bits per heavy atom. The summed E-state index contributed by atoms with van der Waals surface area (Å²) in [6.45, 7) is 3.81. The van der Waals surface area contributed by atoms with Crippen molar-refractivity contribution in [1.82, 2.24) is 4.98 Å². The predicted octanol–water partition coefficient (Wildman–Crippen LogP) is 3.60. The summed E-state index contributed by atoms with van der Waals surface area (Å²) in [5, 5.41) is 13.1. The van der Waals surface area contributed by atoms with Gasteiger partial charge in [-0.05, 0) is 55.3 Å². The summed E-state index contributed by atoms with van der Waals surface area (Å²) in [6.07, 6.45) is 0. The van der Waals surface area contributed by atoms with Crippen molar-refractivity contribution >= 4 is 22.5 Å². The van der Waals surface area contributed by atoms with Crippen LogP contribution < -0.4 is 5.32 Å². The van der Waals surface area contributed by atoms with Gasteiger partial charge in [0.15, 0.2) is 0 Å². The van der Waals surface area contributed by atoms with Crippen molar-refractivity contribution in [2.24, 2.45) is 0 Å². The summed E-state index contributed by atoms with van der Waals surface area (Å²) in [5.41, 5.74) is 4.84. The first-order valence-electron chi connectivity index (χ1n) is 7.46. The van der Waals surface area contributed by atoms with Crippen molar-refractivity contribution < 1.29 is 9.90 Å². The minimum atomic E-state index is -0.175. The first kappa shape index (κ1) is 15.2. The molecule has 0 spiro atoms. The Kier molecular flexibility index (Phi) is 4.08. The fraction of sp³-hybridized carbons (Fsp3) is 0.158. The maximum Gasteiger partial charge on any atom is 0.255 e. The number of anilines is 1. The molecular weight excluding hydrogens is 288 g/mol. The zero-order chi connectivity index (χ0) is 16.4. The fourth-order valence-electron chi connectivity index (χ4n) is 2.47. The van der Waals surface area contributed by atoms with E-state index in [1.54, 1.807) is 12.1 Å². The number of hydrogen-bond donors (Lipinski definition) is 2. The van der Waals surface area contributed by atoms with Gasteiger partial charge in [0, 0.05) is 22.3 Å². The van der Waals surface area contributed by atoms with Crippen LogP contribution >= 0.6 is 0 Å². The van der Waals surface area contributed by atoms with E-state index in [0.29, 0.717) is 11.3 Å². The third-order valence-corrected chi connectivity index (χ3v) is 3.82. The molecule has 0 aliphatic rings. The largest absolute Gasteiger partial charge is 0.392 e. The van der Waals surface area contributed by atoms with E-state index in [1.807, 2.05) is 50.2 Å². The molecule has 1 amide bonds. The van der Waals surface area contributed by atoms with E-state index in [9.17, 15) is 9.90 Å². The van der Waals surface area contributed by atoms with Crippen molar-refractivity contribution in [2.45, 2.75) is 20.5 Å². The lowest BCUT2D eigenvalue weighted by Crippen LogP contribution is -2.13. The number of hydrogen-bond acceptors (Lipinski definition) is 3. The number of aliphatic hydroxyl groups excluding tert-OH is 1. The van der Waals surface area contributed by atoms with Crippen LogP contribution in [0.25, 0.3) is 10.9 Å². The van der Waals surface area contributed by atoms with Gasteiger partial charge < -0.3 is 10.4 Å². The van der Waals surface area contributed by atoms with Gasteiger partial charge in [-0.3, -0.25) is 9.78 Å².